The predicted molar refractivity (Wildman–Crippen MR) is 110 cm³/mol. The van der Waals surface area contributed by atoms with Gasteiger partial charge in [0.15, 0.2) is 0 Å². The normalized spacial score (nSPS) is 24.3. The summed E-state index contributed by atoms with van der Waals surface area (Å²) in [6, 6.07) is 8.18. The zero-order chi connectivity index (χ0) is 20.0. The number of carbonyl (C=O) groups excluding carboxylic acids is 1. The standard InChI is InChI=1S/C21H33N3O3S/c1-2-3-14-23-15-8-7-10-18(23)17-22-21(25)20-13-9-16-24(20)28(26,27)19-11-5-4-6-12-19/h4-6,11-12,18,20H,2-3,7-10,13-17H2,1H3,(H,22,25). The second-order valence-corrected chi connectivity index (χ2v) is 9.76. The van der Waals surface area contributed by atoms with E-state index in [2.05, 4.69) is 17.1 Å². The molecule has 2 fully saturated rings. The number of rotatable bonds is 8. The average Bonchev–Trinajstić information content (AvgIpc) is 3.22. The van der Waals surface area contributed by atoms with Crippen molar-refractivity contribution in [3.8, 4) is 0 Å². The number of nitrogens with one attached hydrogen (secondary N) is 1. The number of amides is 1. The third-order valence-corrected chi connectivity index (χ3v) is 7.84. The molecule has 6 nitrogen and oxygen atoms in total. The summed E-state index contributed by atoms with van der Waals surface area (Å²) >= 11 is 0. The van der Waals surface area contributed by atoms with E-state index in [0.29, 0.717) is 25.6 Å². The van der Waals surface area contributed by atoms with Crippen LogP contribution in [-0.2, 0) is 14.8 Å². The highest BCUT2D eigenvalue weighted by Gasteiger charge is 2.39. The molecular formula is C21H33N3O3S. The van der Waals surface area contributed by atoms with Crippen molar-refractivity contribution in [3.05, 3.63) is 30.3 Å². The molecule has 1 N–H and O–H groups in total. The van der Waals surface area contributed by atoms with E-state index in [1.54, 1.807) is 30.3 Å². The molecule has 156 valence electrons. The Morgan fingerprint density at radius 3 is 2.64 bits per heavy atom. The number of hydrogen-bond acceptors (Lipinski definition) is 4. The lowest BCUT2D eigenvalue weighted by Crippen LogP contribution is -2.51. The fraction of sp³-hybridized carbons (Fsp3) is 0.667. The van der Waals surface area contributed by atoms with Gasteiger partial charge < -0.3 is 5.32 Å². The topological polar surface area (TPSA) is 69.7 Å². The van der Waals surface area contributed by atoms with E-state index >= 15 is 0 Å². The lowest BCUT2D eigenvalue weighted by molar-refractivity contribution is -0.124. The fourth-order valence-corrected chi connectivity index (χ4v) is 5.98. The van der Waals surface area contributed by atoms with Gasteiger partial charge in [-0.2, -0.15) is 4.31 Å². The number of unbranched alkanes of at least 4 members (excludes halogenated alkanes) is 1. The van der Waals surface area contributed by atoms with Crippen molar-refractivity contribution in [1.82, 2.24) is 14.5 Å². The van der Waals surface area contributed by atoms with Gasteiger partial charge in [-0.15, -0.1) is 0 Å². The van der Waals surface area contributed by atoms with Crippen molar-refractivity contribution in [2.75, 3.05) is 26.2 Å². The van der Waals surface area contributed by atoms with Crippen molar-refractivity contribution in [2.45, 2.75) is 68.8 Å². The summed E-state index contributed by atoms with van der Waals surface area (Å²) in [4.78, 5) is 15.6. The minimum Gasteiger partial charge on any atom is -0.353 e. The van der Waals surface area contributed by atoms with Crippen LogP contribution in [0, 0.1) is 0 Å². The van der Waals surface area contributed by atoms with Gasteiger partial charge in [-0.1, -0.05) is 38.0 Å². The molecule has 2 heterocycles. The smallest absolute Gasteiger partial charge is 0.243 e. The molecule has 2 aliphatic rings. The van der Waals surface area contributed by atoms with E-state index in [-0.39, 0.29) is 10.8 Å². The Morgan fingerprint density at radius 2 is 1.89 bits per heavy atom. The van der Waals surface area contributed by atoms with Crippen molar-refractivity contribution < 1.29 is 13.2 Å². The molecule has 3 rings (SSSR count). The zero-order valence-corrected chi connectivity index (χ0v) is 17.7. The van der Waals surface area contributed by atoms with E-state index < -0.39 is 16.1 Å². The van der Waals surface area contributed by atoms with Crippen LogP contribution in [0.3, 0.4) is 0 Å². The SMILES string of the molecule is CCCCN1CCCCC1CNC(=O)C1CCCN1S(=O)(=O)c1ccccc1. The van der Waals surface area contributed by atoms with E-state index in [1.807, 2.05) is 0 Å². The summed E-state index contributed by atoms with van der Waals surface area (Å²) in [6.45, 7) is 5.38. The van der Waals surface area contributed by atoms with Crippen LogP contribution in [0.15, 0.2) is 35.2 Å². The number of sulfonamides is 1. The molecule has 2 atom stereocenters. The Kier molecular flexibility index (Phi) is 7.48. The number of carbonyl (C=O) groups is 1. The van der Waals surface area contributed by atoms with E-state index in [0.717, 1.165) is 25.9 Å². The fourth-order valence-electron chi connectivity index (χ4n) is 4.30. The maximum absolute atomic E-state index is 13.0. The molecule has 0 aromatic heterocycles. The summed E-state index contributed by atoms with van der Waals surface area (Å²) in [6.07, 6.45) is 7.17. The molecular weight excluding hydrogens is 374 g/mol. The first-order valence-electron chi connectivity index (χ1n) is 10.6. The highest BCUT2D eigenvalue weighted by Crippen LogP contribution is 2.26. The van der Waals surface area contributed by atoms with Gasteiger partial charge in [0.2, 0.25) is 15.9 Å². The third kappa shape index (κ3) is 4.93. The lowest BCUT2D eigenvalue weighted by Gasteiger charge is -2.36. The van der Waals surface area contributed by atoms with Gasteiger partial charge in [0, 0.05) is 19.1 Å². The molecule has 28 heavy (non-hydrogen) atoms. The lowest BCUT2D eigenvalue weighted by atomic mass is 10.0. The first-order valence-corrected chi connectivity index (χ1v) is 12.1. The summed E-state index contributed by atoms with van der Waals surface area (Å²) < 4.78 is 27.3. The number of hydrogen-bond donors (Lipinski definition) is 1. The van der Waals surface area contributed by atoms with Gasteiger partial charge in [-0.25, -0.2) is 8.42 Å². The van der Waals surface area contributed by atoms with Crippen LogP contribution < -0.4 is 5.32 Å². The van der Waals surface area contributed by atoms with Crippen molar-refractivity contribution in [3.63, 3.8) is 0 Å². The maximum atomic E-state index is 13.0. The van der Waals surface area contributed by atoms with Gasteiger partial charge in [-0.3, -0.25) is 9.69 Å². The average molecular weight is 408 g/mol. The van der Waals surface area contributed by atoms with Crippen LogP contribution in [0.25, 0.3) is 0 Å². The zero-order valence-electron chi connectivity index (χ0n) is 16.8. The molecule has 1 aromatic rings. The van der Waals surface area contributed by atoms with Gasteiger partial charge in [-0.05, 0) is 57.3 Å². The number of nitrogens with zero attached hydrogens (tertiary/aromatic N) is 2. The molecule has 0 saturated carbocycles. The predicted octanol–water partition coefficient (Wildman–Crippen LogP) is 2.61. The summed E-state index contributed by atoms with van der Waals surface area (Å²) in [5, 5.41) is 3.07. The van der Waals surface area contributed by atoms with E-state index in [9.17, 15) is 13.2 Å². The molecule has 1 amide bonds. The maximum Gasteiger partial charge on any atom is 0.243 e. The molecule has 0 bridgehead atoms. The Labute approximate surface area is 169 Å². The molecule has 0 radical (unpaired) electrons. The third-order valence-electron chi connectivity index (χ3n) is 5.92. The number of piperidine rings is 1. The highest BCUT2D eigenvalue weighted by molar-refractivity contribution is 7.89. The Bertz CT molecular complexity index is 739. The van der Waals surface area contributed by atoms with Crippen LogP contribution >= 0.6 is 0 Å². The molecule has 2 unspecified atom stereocenters. The van der Waals surface area contributed by atoms with Crippen LogP contribution in [0.1, 0.15) is 51.9 Å². The Balaban J connectivity index is 1.61. The Morgan fingerprint density at radius 1 is 1.11 bits per heavy atom. The van der Waals surface area contributed by atoms with Gasteiger partial charge in [0.05, 0.1) is 4.90 Å². The second-order valence-electron chi connectivity index (χ2n) is 7.87. The monoisotopic (exact) mass is 407 g/mol. The first-order chi connectivity index (χ1) is 13.5. The van der Waals surface area contributed by atoms with Crippen molar-refractivity contribution in [2.24, 2.45) is 0 Å². The van der Waals surface area contributed by atoms with Crippen LogP contribution in [0.5, 0.6) is 0 Å². The van der Waals surface area contributed by atoms with Crippen LogP contribution in [-0.4, -0.2) is 61.8 Å². The van der Waals surface area contributed by atoms with Gasteiger partial charge in [0.25, 0.3) is 0 Å². The quantitative estimate of drug-likeness (QED) is 0.719. The number of benzene rings is 1. The largest absolute Gasteiger partial charge is 0.353 e. The summed E-state index contributed by atoms with van der Waals surface area (Å²) in [5.41, 5.74) is 0. The molecule has 1 aromatic carbocycles. The molecule has 0 spiro atoms. The Hall–Kier alpha value is -1.44. The van der Waals surface area contributed by atoms with Crippen LogP contribution in [0.4, 0.5) is 0 Å². The summed E-state index contributed by atoms with van der Waals surface area (Å²) in [5.74, 6) is -0.155. The van der Waals surface area contributed by atoms with Gasteiger partial charge in [0.1, 0.15) is 6.04 Å². The van der Waals surface area contributed by atoms with Crippen molar-refractivity contribution >= 4 is 15.9 Å². The van der Waals surface area contributed by atoms with Gasteiger partial charge >= 0.3 is 0 Å². The van der Waals surface area contributed by atoms with Crippen molar-refractivity contribution in [1.29, 1.82) is 0 Å². The molecule has 0 aliphatic carbocycles. The van der Waals surface area contributed by atoms with Crippen LogP contribution in [0.2, 0.25) is 0 Å². The highest BCUT2D eigenvalue weighted by atomic mass is 32.2. The second kappa shape index (κ2) is 9.85. The van der Waals surface area contributed by atoms with E-state index in [1.165, 1.54) is 30.0 Å². The minimum atomic E-state index is -3.64. The van der Waals surface area contributed by atoms with E-state index in [4.69, 9.17) is 0 Å². The molecule has 2 saturated heterocycles. The minimum absolute atomic E-state index is 0.155. The molecule has 2 aliphatic heterocycles. The summed E-state index contributed by atoms with van der Waals surface area (Å²) in [7, 11) is -3.64. The first kappa shape index (κ1) is 21.3. The number of likely N-dealkylation sites (tertiary alicyclic amines) is 1. The molecule has 7 heteroatoms.